The Hall–Kier alpha value is -3.88. The zero-order valence-corrected chi connectivity index (χ0v) is 25.3. The first-order chi connectivity index (χ1) is 20.3. The molecule has 11 nitrogen and oxygen atoms in total. The predicted octanol–water partition coefficient (Wildman–Crippen LogP) is 3.29. The monoisotopic (exact) mass is 669 g/mol. The van der Waals surface area contributed by atoms with Crippen molar-refractivity contribution in [3.63, 3.8) is 0 Å². The van der Waals surface area contributed by atoms with Gasteiger partial charge in [0.2, 0.25) is 16.9 Å². The van der Waals surface area contributed by atoms with E-state index in [-0.39, 0.29) is 40.0 Å². The van der Waals surface area contributed by atoms with Gasteiger partial charge in [0, 0.05) is 18.2 Å². The third kappa shape index (κ3) is 6.30. The molecule has 2 aromatic carbocycles. The van der Waals surface area contributed by atoms with Gasteiger partial charge in [-0.05, 0) is 11.1 Å². The van der Waals surface area contributed by atoms with Gasteiger partial charge in [-0.1, -0.05) is 87.9 Å². The highest BCUT2D eigenvalue weighted by Crippen LogP contribution is 2.45. The first kappa shape index (κ1) is 29.6. The number of benzene rings is 2. The summed E-state index contributed by atoms with van der Waals surface area (Å²) >= 11 is 5.43. The number of anilines is 1. The summed E-state index contributed by atoms with van der Waals surface area (Å²) in [6, 6.07) is 17.6. The van der Waals surface area contributed by atoms with Gasteiger partial charge >= 0.3 is 5.97 Å². The van der Waals surface area contributed by atoms with Gasteiger partial charge in [0.05, 0.1) is 11.8 Å². The van der Waals surface area contributed by atoms with Crippen LogP contribution in [0.2, 0.25) is 0 Å². The minimum Gasteiger partial charge on any atom is -0.448 e. The molecule has 0 bridgehead atoms. The van der Waals surface area contributed by atoms with Gasteiger partial charge in [-0.2, -0.15) is 0 Å². The molecule has 0 aliphatic carbocycles. The Morgan fingerprint density at radius 2 is 1.69 bits per heavy atom. The Balaban J connectivity index is 1.49. The lowest BCUT2D eigenvalue weighted by atomic mass is 10.0. The van der Waals surface area contributed by atoms with Gasteiger partial charge < -0.3 is 15.4 Å². The van der Waals surface area contributed by atoms with Crippen LogP contribution in [-0.2, 0) is 28.7 Å². The standard InChI is InChI=1S/C28H24BrN5O6S2/c1-15(35)30-28-33-32-24(42-28)19-14-41-26-21(31-20(37)12-18(36)13-29)25(38)34(26)22(19)27(39)40-23(16-8-4-2-5-9-16)17-10-6-3-7-11-17/h2-11,21,23,26H,12-14H2,1H3,(H,31,37)(H,30,33,35)/t21?,26-/m0/s1. The second kappa shape index (κ2) is 13.0. The van der Waals surface area contributed by atoms with Crippen molar-refractivity contribution >= 4 is 79.2 Å². The Kier molecular flexibility index (Phi) is 9.14. The van der Waals surface area contributed by atoms with Crippen molar-refractivity contribution in [3.05, 3.63) is 82.5 Å². The molecule has 3 amide bonds. The van der Waals surface area contributed by atoms with Crippen molar-refractivity contribution in [3.8, 4) is 0 Å². The van der Waals surface area contributed by atoms with E-state index in [0.29, 0.717) is 10.6 Å². The summed E-state index contributed by atoms with van der Waals surface area (Å²) in [6.45, 7) is 1.34. The largest absolute Gasteiger partial charge is 0.448 e. The molecule has 1 aromatic heterocycles. The summed E-state index contributed by atoms with van der Waals surface area (Å²) in [7, 11) is 0. The Morgan fingerprint density at radius 1 is 1.05 bits per heavy atom. The second-order valence-corrected chi connectivity index (χ2v) is 12.0. The number of halogens is 1. The first-order valence-corrected chi connectivity index (χ1v) is 15.7. The molecule has 3 heterocycles. The third-order valence-corrected chi connectivity index (χ3v) is 9.18. The number of Topliss-reactive ketones (excluding diaryl/α,β-unsaturated/α-hetero) is 1. The van der Waals surface area contributed by atoms with Gasteiger partial charge in [0.1, 0.15) is 22.1 Å². The lowest BCUT2D eigenvalue weighted by molar-refractivity contribution is -0.154. The van der Waals surface area contributed by atoms with Crippen molar-refractivity contribution < 1.29 is 28.7 Å². The molecular formula is C28H24BrN5O6S2. The van der Waals surface area contributed by atoms with Gasteiger partial charge in [-0.15, -0.1) is 22.0 Å². The lowest BCUT2D eigenvalue weighted by Gasteiger charge is -2.49. The Bertz CT molecular complexity index is 1530. The molecule has 2 aliphatic rings. The van der Waals surface area contributed by atoms with Crippen LogP contribution in [0.4, 0.5) is 5.13 Å². The quantitative estimate of drug-likeness (QED) is 0.144. The number of ketones is 1. The number of nitrogens with zero attached hydrogens (tertiary/aromatic N) is 3. The Labute approximate surface area is 257 Å². The summed E-state index contributed by atoms with van der Waals surface area (Å²) in [5.41, 5.74) is 1.89. The predicted molar refractivity (Wildman–Crippen MR) is 160 cm³/mol. The minimum atomic E-state index is -0.918. The van der Waals surface area contributed by atoms with Crippen molar-refractivity contribution in [1.29, 1.82) is 0 Å². The second-order valence-electron chi connectivity index (χ2n) is 9.33. The number of rotatable bonds is 10. The van der Waals surface area contributed by atoms with Crippen molar-refractivity contribution in [2.45, 2.75) is 30.9 Å². The molecular weight excluding hydrogens is 646 g/mol. The van der Waals surface area contributed by atoms with Gasteiger partial charge in [0.15, 0.2) is 11.9 Å². The minimum absolute atomic E-state index is 0.00632. The molecule has 3 aromatic rings. The summed E-state index contributed by atoms with van der Waals surface area (Å²) < 4.78 is 6.12. The normalized spacial score (nSPS) is 17.8. The summed E-state index contributed by atoms with van der Waals surface area (Å²) in [5, 5.41) is 13.4. The van der Waals surface area contributed by atoms with E-state index in [1.807, 2.05) is 60.7 Å². The number of β-lactam (4-membered cyclic amide) rings is 1. The molecule has 1 fully saturated rings. The lowest BCUT2D eigenvalue weighted by Crippen LogP contribution is -2.70. The van der Waals surface area contributed by atoms with Crippen LogP contribution in [0, 0.1) is 0 Å². The number of nitrogens with one attached hydrogen (secondary N) is 2. The molecule has 0 radical (unpaired) electrons. The van der Waals surface area contributed by atoms with Crippen LogP contribution in [0.25, 0.3) is 5.57 Å². The van der Waals surface area contributed by atoms with E-state index in [9.17, 15) is 24.0 Å². The first-order valence-electron chi connectivity index (χ1n) is 12.7. The maximum Gasteiger partial charge on any atom is 0.356 e. The van der Waals surface area contributed by atoms with E-state index in [1.165, 1.54) is 23.6 Å². The topological polar surface area (TPSA) is 148 Å². The summed E-state index contributed by atoms with van der Waals surface area (Å²) in [5.74, 6) is -2.24. The number of fused-ring (bicyclic) bond motifs is 1. The fourth-order valence-corrected chi connectivity index (χ4v) is 6.99. The molecule has 0 spiro atoms. The summed E-state index contributed by atoms with van der Waals surface area (Å²) in [4.78, 5) is 64.4. The van der Waals surface area contributed by atoms with Gasteiger partial charge in [-0.3, -0.25) is 24.1 Å². The van der Waals surface area contributed by atoms with Crippen molar-refractivity contribution in [2.75, 3.05) is 16.4 Å². The fourth-order valence-electron chi connectivity index (χ4n) is 4.52. The highest BCUT2D eigenvalue weighted by Gasteiger charge is 2.55. The third-order valence-electron chi connectivity index (χ3n) is 6.38. The van der Waals surface area contributed by atoms with E-state index >= 15 is 0 Å². The van der Waals surface area contributed by atoms with Gasteiger partial charge in [0.25, 0.3) is 5.91 Å². The number of carbonyl (C=O) groups excluding carboxylic acids is 5. The van der Waals surface area contributed by atoms with E-state index in [1.54, 1.807) is 0 Å². The zero-order chi connectivity index (χ0) is 29.8. The van der Waals surface area contributed by atoms with Crippen LogP contribution in [-0.4, -0.2) is 67.1 Å². The SMILES string of the molecule is CC(=O)Nc1nnc(C2=C(C(=O)OC(c3ccccc3)c3ccccc3)N3C(=O)C(NC(=O)CC(=O)CBr)[C@@H]3SC2)s1. The van der Waals surface area contributed by atoms with Crippen LogP contribution < -0.4 is 10.6 Å². The fraction of sp³-hybridized carbons (Fsp3) is 0.250. The number of thioether (sulfide) groups is 1. The number of carbonyl (C=O) groups is 5. The molecule has 42 heavy (non-hydrogen) atoms. The Morgan fingerprint density at radius 3 is 2.29 bits per heavy atom. The average Bonchev–Trinajstić information content (AvgIpc) is 3.46. The number of hydrogen-bond donors (Lipinski definition) is 2. The molecule has 1 saturated heterocycles. The average molecular weight is 671 g/mol. The molecule has 5 rings (SSSR count). The molecule has 2 N–H and O–H groups in total. The van der Waals surface area contributed by atoms with Crippen LogP contribution in [0.5, 0.6) is 0 Å². The molecule has 2 atom stereocenters. The highest BCUT2D eigenvalue weighted by molar-refractivity contribution is 9.09. The van der Waals surface area contributed by atoms with Crippen LogP contribution in [0.3, 0.4) is 0 Å². The van der Waals surface area contributed by atoms with Crippen molar-refractivity contribution in [2.24, 2.45) is 0 Å². The molecule has 0 saturated carbocycles. The molecule has 1 unspecified atom stereocenters. The maximum atomic E-state index is 14.0. The number of esters is 1. The molecule has 216 valence electrons. The van der Waals surface area contributed by atoms with Crippen LogP contribution >= 0.6 is 39.0 Å². The van der Waals surface area contributed by atoms with Crippen molar-refractivity contribution in [1.82, 2.24) is 20.4 Å². The molecule has 2 aliphatic heterocycles. The van der Waals surface area contributed by atoms with Gasteiger partial charge in [-0.25, -0.2) is 4.79 Å². The van der Waals surface area contributed by atoms with Crippen LogP contribution in [0.1, 0.15) is 35.6 Å². The molecule has 14 heteroatoms. The summed E-state index contributed by atoms with van der Waals surface area (Å²) in [6.07, 6.45) is -1.14. The van der Waals surface area contributed by atoms with E-state index in [4.69, 9.17) is 4.74 Å². The number of amides is 3. The van der Waals surface area contributed by atoms with E-state index in [2.05, 4.69) is 36.8 Å². The maximum absolute atomic E-state index is 14.0. The number of alkyl halides is 1. The van der Waals surface area contributed by atoms with E-state index in [0.717, 1.165) is 22.5 Å². The highest BCUT2D eigenvalue weighted by atomic mass is 79.9. The number of aromatic nitrogens is 2. The van der Waals surface area contributed by atoms with Crippen LogP contribution in [0.15, 0.2) is 66.4 Å². The smallest absolute Gasteiger partial charge is 0.356 e. The number of hydrogen-bond acceptors (Lipinski definition) is 10. The van der Waals surface area contributed by atoms with E-state index < -0.39 is 35.3 Å². The zero-order valence-electron chi connectivity index (χ0n) is 22.1. The number of ether oxygens (including phenoxy) is 1.